The normalized spacial score (nSPS) is 13.6. The predicted octanol–water partition coefficient (Wildman–Crippen LogP) is 3.03. The van der Waals surface area contributed by atoms with E-state index >= 15 is 0 Å². The van der Waals surface area contributed by atoms with Gasteiger partial charge in [-0.15, -0.1) is 0 Å². The Bertz CT molecular complexity index is 772. The first-order chi connectivity index (χ1) is 11.5. The van der Waals surface area contributed by atoms with Gasteiger partial charge in [0.05, 0.1) is 24.9 Å². The molecule has 0 spiro atoms. The van der Waals surface area contributed by atoms with Crippen LogP contribution in [0.3, 0.4) is 0 Å². The van der Waals surface area contributed by atoms with Crippen LogP contribution in [-0.2, 0) is 6.54 Å². The van der Waals surface area contributed by atoms with Crippen LogP contribution in [-0.4, -0.2) is 42.4 Å². The molecule has 0 saturated heterocycles. The highest BCUT2D eigenvalue weighted by Gasteiger charge is 2.35. The lowest BCUT2D eigenvalue weighted by Crippen LogP contribution is -2.39. The van der Waals surface area contributed by atoms with Crippen molar-refractivity contribution in [3.05, 3.63) is 64.2 Å². The number of halogens is 1. The molecular formula is C18H17ClN2O3. The number of rotatable bonds is 5. The number of imide groups is 1. The Morgan fingerprint density at radius 2 is 1.71 bits per heavy atom. The lowest BCUT2D eigenvalue weighted by molar-refractivity contribution is 0.0558. The maximum atomic E-state index is 12.4. The van der Waals surface area contributed by atoms with E-state index in [9.17, 15) is 9.59 Å². The topological polar surface area (TPSA) is 49.9 Å². The van der Waals surface area contributed by atoms with Crippen LogP contribution in [0.4, 0.5) is 0 Å². The van der Waals surface area contributed by atoms with E-state index in [1.165, 1.54) is 4.90 Å². The number of methoxy groups -OCH3 is 1. The van der Waals surface area contributed by atoms with Crippen molar-refractivity contribution in [1.82, 2.24) is 9.80 Å². The van der Waals surface area contributed by atoms with Crippen LogP contribution in [0.2, 0.25) is 5.02 Å². The van der Waals surface area contributed by atoms with Crippen LogP contribution in [0.25, 0.3) is 0 Å². The number of amides is 2. The second-order valence-electron chi connectivity index (χ2n) is 5.70. The van der Waals surface area contributed by atoms with Gasteiger partial charge in [0, 0.05) is 17.1 Å². The first-order valence-corrected chi connectivity index (χ1v) is 7.85. The molecular weight excluding hydrogens is 328 g/mol. The number of carbonyl (C=O) groups excluding carboxylic acids is 2. The van der Waals surface area contributed by atoms with Gasteiger partial charge in [-0.05, 0) is 37.4 Å². The molecule has 0 unspecified atom stereocenters. The standard InChI is InChI=1S/C18H17ClN2O3/c1-20(10-12-9-13(19)7-8-16(12)24-2)11-21-17(22)14-5-3-4-6-15(14)18(21)23/h3-9H,10-11H2,1-2H3. The first kappa shape index (κ1) is 16.5. The third-order valence-electron chi connectivity index (χ3n) is 3.94. The average Bonchev–Trinajstić information content (AvgIpc) is 2.80. The number of hydrogen-bond acceptors (Lipinski definition) is 4. The molecule has 0 N–H and O–H groups in total. The van der Waals surface area contributed by atoms with E-state index in [1.807, 2.05) is 18.0 Å². The van der Waals surface area contributed by atoms with Crippen molar-refractivity contribution in [3.8, 4) is 5.75 Å². The Labute approximate surface area is 145 Å². The molecule has 2 amide bonds. The maximum Gasteiger partial charge on any atom is 0.262 e. The SMILES string of the molecule is COc1ccc(Cl)cc1CN(C)CN1C(=O)c2ccccc2C1=O. The summed E-state index contributed by atoms with van der Waals surface area (Å²) in [5.74, 6) is 0.189. The summed E-state index contributed by atoms with van der Waals surface area (Å²) in [6.45, 7) is 0.694. The van der Waals surface area contributed by atoms with Gasteiger partial charge in [0.1, 0.15) is 5.75 Å². The van der Waals surface area contributed by atoms with Crippen LogP contribution < -0.4 is 4.74 Å². The van der Waals surface area contributed by atoms with Gasteiger partial charge >= 0.3 is 0 Å². The smallest absolute Gasteiger partial charge is 0.262 e. The molecule has 0 aliphatic carbocycles. The molecule has 24 heavy (non-hydrogen) atoms. The van der Waals surface area contributed by atoms with Crippen LogP contribution in [0.5, 0.6) is 5.75 Å². The maximum absolute atomic E-state index is 12.4. The van der Waals surface area contributed by atoms with Crippen molar-refractivity contribution in [1.29, 1.82) is 0 Å². The van der Waals surface area contributed by atoms with E-state index in [0.717, 1.165) is 5.56 Å². The van der Waals surface area contributed by atoms with E-state index in [4.69, 9.17) is 16.3 Å². The molecule has 5 nitrogen and oxygen atoms in total. The summed E-state index contributed by atoms with van der Waals surface area (Å²) in [4.78, 5) is 27.9. The summed E-state index contributed by atoms with van der Waals surface area (Å²) in [6.07, 6.45) is 0. The second kappa shape index (κ2) is 6.63. The largest absolute Gasteiger partial charge is 0.496 e. The van der Waals surface area contributed by atoms with E-state index in [-0.39, 0.29) is 18.5 Å². The highest BCUT2D eigenvalue weighted by molar-refractivity contribution is 6.30. The highest BCUT2D eigenvalue weighted by atomic mass is 35.5. The van der Waals surface area contributed by atoms with Crippen LogP contribution in [0.1, 0.15) is 26.3 Å². The molecule has 6 heteroatoms. The van der Waals surface area contributed by atoms with Crippen LogP contribution in [0.15, 0.2) is 42.5 Å². The fourth-order valence-electron chi connectivity index (χ4n) is 2.82. The van der Waals surface area contributed by atoms with Gasteiger partial charge < -0.3 is 4.74 Å². The van der Waals surface area contributed by atoms with Crippen molar-refractivity contribution < 1.29 is 14.3 Å². The molecule has 1 aliphatic heterocycles. The van der Waals surface area contributed by atoms with Crippen LogP contribution >= 0.6 is 11.6 Å². The minimum Gasteiger partial charge on any atom is -0.496 e. The van der Waals surface area contributed by atoms with Gasteiger partial charge in [-0.1, -0.05) is 23.7 Å². The molecule has 0 radical (unpaired) electrons. The fraction of sp³-hybridized carbons (Fsp3) is 0.222. The summed E-state index contributed by atoms with van der Waals surface area (Å²) in [5.41, 5.74) is 1.80. The highest BCUT2D eigenvalue weighted by Crippen LogP contribution is 2.25. The molecule has 2 aromatic carbocycles. The predicted molar refractivity (Wildman–Crippen MR) is 91.3 cm³/mol. The molecule has 3 rings (SSSR count). The van der Waals surface area contributed by atoms with E-state index < -0.39 is 0 Å². The lowest BCUT2D eigenvalue weighted by Gasteiger charge is -2.23. The van der Waals surface area contributed by atoms with Gasteiger partial charge in [-0.3, -0.25) is 19.4 Å². The molecule has 124 valence electrons. The Hall–Kier alpha value is -2.37. The van der Waals surface area contributed by atoms with E-state index in [1.54, 1.807) is 43.5 Å². The van der Waals surface area contributed by atoms with E-state index in [0.29, 0.717) is 28.4 Å². The van der Waals surface area contributed by atoms with Gasteiger partial charge in [0.25, 0.3) is 11.8 Å². The number of fused-ring (bicyclic) bond motifs is 1. The third kappa shape index (κ3) is 3.00. The van der Waals surface area contributed by atoms with E-state index in [2.05, 4.69) is 0 Å². The number of benzene rings is 2. The van der Waals surface area contributed by atoms with Crippen molar-refractivity contribution >= 4 is 23.4 Å². The van der Waals surface area contributed by atoms with Crippen molar-refractivity contribution in [2.24, 2.45) is 0 Å². The van der Waals surface area contributed by atoms with Gasteiger partial charge in [0.2, 0.25) is 0 Å². The van der Waals surface area contributed by atoms with Gasteiger partial charge in [-0.25, -0.2) is 0 Å². The summed E-state index contributed by atoms with van der Waals surface area (Å²) < 4.78 is 5.33. The summed E-state index contributed by atoms with van der Waals surface area (Å²) in [5, 5.41) is 0.611. The zero-order valence-electron chi connectivity index (χ0n) is 13.5. The van der Waals surface area contributed by atoms with Crippen molar-refractivity contribution in [3.63, 3.8) is 0 Å². The Morgan fingerprint density at radius 1 is 1.08 bits per heavy atom. The molecule has 0 atom stereocenters. The van der Waals surface area contributed by atoms with Crippen molar-refractivity contribution in [2.45, 2.75) is 6.54 Å². The minimum atomic E-state index is -0.263. The Kier molecular flexibility index (Phi) is 4.55. The summed E-state index contributed by atoms with van der Waals surface area (Å²) in [6, 6.07) is 12.2. The minimum absolute atomic E-state index is 0.196. The molecule has 0 bridgehead atoms. The molecule has 0 fully saturated rings. The zero-order chi connectivity index (χ0) is 17.3. The lowest BCUT2D eigenvalue weighted by atomic mass is 10.1. The molecule has 0 saturated carbocycles. The summed E-state index contributed by atoms with van der Waals surface area (Å²) in [7, 11) is 3.43. The number of ether oxygens (including phenoxy) is 1. The number of carbonyl (C=O) groups is 2. The summed E-state index contributed by atoms with van der Waals surface area (Å²) >= 11 is 6.04. The Morgan fingerprint density at radius 3 is 2.29 bits per heavy atom. The van der Waals surface area contributed by atoms with Gasteiger partial charge in [0.15, 0.2) is 0 Å². The fourth-order valence-corrected chi connectivity index (χ4v) is 3.02. The molecule has 0 aromatic heterocycles. The zero-order valence-corrected chi connectivity index (χ0v) is 14.2. The third-order valence-corrected chi connectivity index (χ3v) is 4.18. The molecule has 2 aromatic rings. The molecule has 1 heterocycles. The van der Waals surface area contributed by atoms with Gasteiger partial charge in [-0.2, -0.15) is 0 Å². The average molecular weight is 345 g/mol. The number of nitrogens with zero attached hydrogens (tertiary/aromatic N) is 2. The Balaban J connectivity index is 1.75. The monoisotopic (exact) mass is 344 g/mol. The number of hydrogen-bond donors (Lipinski definition) is 0. The molecule has 1 aliphatic rings. The quantitative estimate of drug-likeness (QED) is 0.782. The van der Waals surface area contributed by atoms with Crippen LogP contribution in [0, 0.1) is 0 Å². The van der Waals surface area contributed by atoms with Crippen molar-refractivity contribution in [2.75, 3.05) is 20.8 Å². The first-order valence-electron chi connectivity index (χ1n) is 7.47. The second-order valence-corrected chi connectivity index (χ2v) is 6.13.